The number of rotatable bonds is 5. The van der Waals surface area contributed by atoms with E-state index in [9.17, 15) is 14.4 Å². The maximum absolute atomic E-state index is 12.1. The summed E-state index contributed by atoms with van der Waals surface area (Å²) in [5.41, 5.74) is -1.17. The SMILES string of the molecule is C[C@H](OC1CCN(C(=O)OC(C)(C)C)C1)C(=O)CC(=O)OC(C)(C)C. The maximum atomic E-state index is 12.1. The largest absolute Gasteiger partial charge is 0.460 e. The average molecular weight is 357 g/mol. The van der Waals surface area contributed by atoms with Crippen LogP contribution in [0.1, 0.15) is 61.3 Å². The molecule has 1 saturated heterocycles. The van der Waals surface area contributed by atoms with E-state index in [0.29, 0.717) is 19.5 Å². The Hall–Kier alpha value is -1.63. The molecule has 25 heavy (non-hydrogen) atoms. The Kier molecular flexibility index (Phi) is 6.99. The monoisotopic (exact) mass is 357 g/mol. The molecule has 0 aromatic heterocycles. The second kappa shape index (κ2) is 8.17. The minimum atomic E-state index is -0.726. The minimum Gasteiger partial charge on any atom is -0.460 e. The summed E-state index contributed by atoms with van der Waals surface area (Å²) < 4.78 is 16.2. The molecule has 0 N–H and O–H groups in total. The van der Waals surface area contributed by atoms with Crippen LogP contribution in [-0.2, 0) is 23.8 Å². The minimum absolute atomic E-state index is 0.245. The maximum Gasteiger partial charge on any atom is 0.410 e. The number of esters is 1. The third-order valence-electron chi connectivity index (χ3n) is 3.39. The fourth-order valence-corrected chi connectivity index (χ4v) is 2.36. The van der Waals surface area contributed by atoms with Crippen molar-refractivity contribution in [1.29, 1.82) is 0 Å². The van der Waals surface area contributed by atoms with Crippen molar-refractivity contribution < 1.29 is 28.6 Å². The van der Waals surface area contributed by atoms with Crippen molar-refractivity contribution in [3.63, 3.8) is 0 Å². The molecule has 0 radical (unpaired) electrons. The summed E-state index contributed by atoms with van der Waals surface area (Å²) in [5, 5.41) is 0. The van der Waals surface area contributed by atoms with Crippen LogP contribution in [0.4, 0.5) is 4.79 Å². The van der Waals surface area contributed by atoms with Crippen LogP contribution in [-0.4, -0.2) is 59.2 Å². The highest BCUT2D eigenvalue weighted by Crippen LogP contribution is 2.19. The summed E-state index contributed by atoms with van der Waals surface area (Å²) >= 11 is 0. The number of hydrogen-bond donors (Lipinski definition) is 0. The zero-order chi connectivity index (χ0) is 19.4. The average Bonchev–Trinajstić information content (AvgIpc) is 2.82. The summed E-state index contributed by atoms with van der Waals surface area (Å²) in [6, 6.07) is 0. The first kappa shape index (κ1) is 21.4. The molecule has 0 aliphatic carbocycles. The van der Waals surface area contributed by atoms with Crippen molar-refractivity contribution in [2.75, 3.05) is 13.1 Å². The molecule has 0 saturated carbocycles. The van der Waals surface area contributed by atoms with Gasteiger partial charge in [0.15, 0.2) is 5.78 Å². The molecule has 7 nitrogen and oxygen atoms in total. The quantitative estimate of drug-likeness (QED) is 0.556. The number of carbonyl (C=O) groups is 3. The first-order chi connectivity index (χ1) is 11.3. The molecule has 0 spiro atoms. The van der Waals surface area contributed by atoms with E-state index in [-0.39, 0.29) is 24.4 Å². The van der Waals surface area contributed by atoms with Gasteiger partial charge in [-0.3, -0.25) is 9.59 Å². The Bertz CT molecular complexity index is 503. The van der Waals surface area contributed by atoms with Crippen LogP contribution in [0.3, 0.4) is 0 Å². The predicted molar refractivity (Wildman–Crippen MR) is 92.2 cm³/mol. The third kappa shape index (κ3) is 8.34. The van der Waals surface area contributed by atoms with E-state index < -0.39 is 23.3 Å². The highest BCUT2D eigenvalue weighted by molar-refractivity contribution is 5.97. The van der Waals surface area contributed by atoms with Crippen molar-refractivity contribution in [2.24, 2.45) is 0 Å². The molecule has 0 bridgehead atoms. The topological polar surface area (TPSA) is 82.1 Å². The van der Waals surface area contributed by atoms with Gasteiger partial charge < -0.3 is 19.1 Å². The number of ketones is 1. The number of ether oxygens (including phenoxy) is 3. The van der Waals surface area contributed by atoms with Gasteiger partial charge in [-0.1, -0.05) is 0 Å². The normalized spacial score (nSPS) is 19.5. The zero-order valence-corrected chi connectivity index (χ0v) is 16.4. The molecular weight excluding hydrogens is 326 g/mol. The summed E-state index contributed by atoms with van der Waals surface area (Å²) in [6.45, 7) is 13.2. The summed E-state index contributed by atoms with van der Waals surface area (Å²) in [6.07, 6.45) is -1.04. The van der Waals surface area contributed by atoms with Crippen LogP contribution >= 0.6 is 0 Å². The Balaban J connectivity index is 2.43. The standard InChI is InChI=1S/C18H31NO6/c1-12(14(20)10-15(21)24-17(2,3)4)23-13-8-9-19(11-13)16(22)25-18(5,6)7/h12-13H,8-11H2,1-7H3/t12-,13?/m0/s1. The van der Waals surface area contributed by atoms with Crippen LogP contribution in [0, 0.1) is 0 Å². The smallest absolute Gasteiger partial charge is 0.410 e. The molecule has 1 rings (SSSR count). The third-order valence-corrected chi connectivity index (χ3v) is 3.39. The Morgan fingerprint density at radius 1 is 1.04 bits per heavy atom. The van der Waals surface area contributed by atoms with Gasteiger partial charge in [-0.15, -0.1) is 0 Å². The predicted octanol–water partition coefficient (Wildman–Crippen LogP) is 2.70. The molecule has 1 fully saturated rings. The van der Waals surface area contributed by atoms with Crippen LogP contribution in [0.15, 0.2) is 0 Å². The van der Waals surface area contributed by atoms with Gasteiger partial charge >= 0.3 is 12.1 Å². The van der Waals surface area contributed by atoms with E-state index in [0.717, 1.165) is 0 Å². The van der Waals surface area contributed by atoms with Gasteiger partial charge in [0.2, 0.25) is 0 Å². The Morgan fingerprint density at radius 3 is 2.12 bits per heavy atom. The second-order valence-electron chi connectivity index (χ2n) is 8.34. The summed E-state index contributed by atoms with van der Waals surface area (Å²) in [7, 11) is 0. The highest BCUT2D eigenvalue weighted by atomic mass is 16.6. The van der Waals surface area contributed by atoms with Gasteiger partial charge in [-0.25, -0.2) is 4.79 Å². The van der Waals surface area contributed by atoms with Crippen molar-refractivity contribution in [3.8, 4) is 0 Å². The van der Waals surface area contributed by atoms with Gasteiger partial charge in [0, 0.05) is 6.54 Å². The van der Waals surface area contributed by atoms with Gasteiger partial charge in [0.25, 0.3) is 0 Å². The van der Waals surface area contributed by atoms with Crippen molar-refractivity contribution in [2.45, 2.75) is 84.7 Å². The van der Waals surface area contributed by atoms with Crippen molar-refractivity contribution in [3.05, 3.63) is 0 Å². The number of likely N-dealkylation sites (tertiary alicyclic amines) is 1. The number of hydrogen-bond acceptors (Lipinski definition) is 6. The zero-order valence-electron chi connectivity index (χ0n) is 16.4. The van der Waals surface area contributed by atoms with Crippen LogP contribution in [0.2, 0.25) is 0 Å². The van der Waals surface area contributed by atoms with Crippen LogP contribution in [0.25, 0.3) is 0 Å². The van der Waals surface area contributed by atoms with E-state index in [2.05, 4.69) is 0 Å². The molecule has 0 aromatic carbocycles. The number of nitrogens with zero attached hydrogens (tertiary/aromatic N) is 1. The fourth-order valence-electron chi connectivity index (χ4n) is 2.36. The molecule has 1 unspecified atom stereocenters. The molecule has 144 valence electrons. The number of carbonyl (C=O) groups excluding carboxylic acids is 3. The lowest BCUT2D eigenvalue weighted by atomic mass is 10.1. The first-order valence-corrected chi connectivity index (χ1v) is 8.65. The molecule has 0 aromatic rings. The fraction of sp³-hybridized carbons (Fsp3) is 0.833. The summed E-state index contributed by atoms with van der Waals surface area (Å²) in [4.78, 5) is 37.4. The number of Topliss-reactive ketones (excluding diaryl/α,β-unsaturated/α-hetero) is 1. The second-order valence-corrected chi connectivity index (χ2v) is 8.34. The van der Waals surface area contributed by atoms with E-state index in [1.807, 2.05) is 20.8 Å². The molecule has 1 heterocycles. The molecule has 1 amide bonds. The van der Waals surface area contributed by atoms with Gasteiger partial charge in [0.1, 0.15) is 23.7 Å². The van der Waals surface area contributed by atoms with Gasteiger partial charge in [-0.2, -0.15) is 0 Å². The molecule has 7 heteroatoms. The van der Waals surface area contributed by atoms with E-state index in [4.69, 9.17) is 14.2 Å². The Labute approximate surface area is 150 Å². The van der Waals surface area contributed by atoms with Crippen molar-refractivity contribution >= 4 is 17.8 Å². The highest BCUT2D eigenvalue weighted by Gasteiger charge is 2.32. The first-order valence-electron chi connectivity index (χ1n) is 8.65. The van der Waals surface area contributed by atoms with Gasteiger partial charge in [-0.05, 0) is 54.9 Å². The molecule has 1 aliphatic rings. The molecular formula is C18H31NO6. The lowest BCUT2D eigenvalue weighted by Gasteiger charge is -2.24. The van der Waals surface area contributed by atoms with Gasteiger partial charge in [0.05, 0.1) is 12.6 Å². The lowest BCUT2D eigenvalue weighted by Crippen LogP contribution is -2.37. The van der Waals surface area contributed by atoms with Crippen molar-refractivity contribution in [1.82, 2.24) is 4.90 Å². The van der Waals surface area contributed by atoms with E-state index >= 15 is 0 Å². The van der Waals surface area contributed by atoms with Crippen LogP contribution in [0.5, 0.6) is 0 Å². The molecule has 1 aliphatic heterocycles. The lowest BCUT2D eigenvalue weighted by molar-refractivity contribution is -0.158. The van der Waals surface area contributed by atoms with E-state index in [1.54, 1.807) is 32.6 Å². The Morgan fingerprint density at radius 2 is 1.60 bits per heavy atom. The number of amides is 1. The van der Waals surface area contributed by atoms with Crippen LogP contribution < -0.4 is 0 Å². The van der Waals surface area contributed by atoms with E-state index in [1.165, 1.54) is 0 Å². The summed E-state index contributed by atoms with van der Waals surface area (Å²) in [5.74, 6) is -0.889. The molecule has 2 atom stereocenters.